The van der Waals surface area contributed by atoms with Gasteiger partial charge in [0.25, 0.3) is 0 Å². The van der Waals surface area contributed by atoms with E-state index in [0.717, 1.165) is 0 Å². The molecular weight excluding hydrogens is 284 g/mol. The van der Waals surface area contributed by atoms with Crippen LogP contribution in [0.1, 0.15) is 23.9 Å². The van der Waals surface area contributed by atoms with Crippen molar-refractivity contribution in [3.63, 3.8) is 0 Å². The average Bonchev–Trinajstić information content (AvgIpc) is 3.02. The van der Waals surface area contributed by atoms with Gasteiger partial charge in [-0.2, -0.15) is 0 Å². The van der Waals surface area contributed by atoms with E-state index in [-0.39, 0.29) is 24.1 Å². The van der Waals surface area contributed by atoms with Crippen molar-refractivity contribution in [1.29, 1.82) is 0 Å². The Morgan fingerprint density at radius 2 is 2.35 bits per heavy atom. The molecule has 7 heteroatoms. The molecule has 108 valence electrons. The Balaban J connectivity index is 1.93. The Labute approximate surface area is 120 Å². The van der Waals surface area contributed by atoms with Gasteiger partial charge in [0, 0.05) is 5.56 Å². The van der Waals surface area contributed by atoms with Crippen molar-refractivity contribution in [2.45, 2.75) is 25.9 Å². The first kappa shape index (κ1) is 14.6. The van der Waals surface area contributed by atoms with Gasteiger partial charge in [0.05, 0.1) is 24.9 Å². The third-order valence-electron chi connectivity index (χ3n) is 2.96. The molecule has 1 atom stereocenters. The van der Waals surface area contributed by atoms with Gasteiger partial charge in [0.2, 0.25) is 11.1 Å². The lowest BCUT2D eigenvalue weighted by Gasteiger charge is -2.21. The summed E-state index contributed by atoms with van der Waals surface area (Å²) < 4.78 is 9.90. The number of halogens is 1. The molecule has 0 saturated carbocycles. The van der Waals surface area contributed by atoms with E-state index in [1.54, 1.807) is 26.0 Å². The minimum Gasteiger partial charge on any atom is -0.466 e. The van der Waals surface area contributed by atoms with Gasteiger partial charge in [-0.25, -0.2) is 0 Å². The second-order valence-electron chi connectivity index (χ2n) is 4.72. The van der Waals surface area contributed by atoms with Crippen LogP contribution >= 0.6 is 11.6 Å². The number of carbonyl (C=O) groups excluding carboxylic acids is 1. The predicted octanol–water partition coefficient (Wildman–Crippen LogP) is 1.80. The quantitative estimate of drug-likeness (QED) is 0.878. The zero-order chi connectivity index (χ0) is 14.8. The van der Waals surface area contributed by atoms with Crippen LogP contribution in [0, 0.1) is 6.92 Å². The van der Waals surface area contributed by atoms with Gasteiger partial charge >= 0.3 is 0 Å². The first-order chi connectivity index (χ1) is 9.40. The van der Waals surface area contributed by atoms with Gasteiger partial charge in [0.15, 0.2) is 0 Å². The van der Waals surface area contributed by atoms with E-state index in [2.05, 4.69) is 10.5 Å². The van der Waals surface area contributed by atoms with Gasteiger partial charge in [-0.15, -0.1) is 0 Å². The molecule has 0 aliphatic heterocycles. The van der Waals surface area contributed by atoms with E-state index in [1.807, 2.05) is 0 Å². The second-order valence-corrected chi connectivity index (χ2v) is 5.07. The van der Waals surface area contributed by atoms with E-state index in [9.17, 15) is 9.90 Å². The molecule has 0 bridgehead atoms. The van der Waals surface area contributed by atoms with Crippen LogP contribution in [0.3, 0.4) is 0 Å². The number of aliphatic hydroxyl groups is 1. The molecule has 2 N–H and O–H groups in total. The molecule has 0 fully saturated rings. The van der Waals surface area contributed by atoms with Crippen molar-refractivity contribution in [3.05, 3.63) is 40.6 Å². The maximum Gasteiger partial charge on any atom is 0.229 e. The lowest BCUT2D eigenvalue weighted by atomic mass is 10.0. The molecule has 2 aromatic rings. The fourth-order valence-electron chi connectivity index (χ4n) is 1.72. The summed E-state index contributed by atoms with van der Waals surface area (Å²) in [5.74, 6) is 0.0991. The van der Waals surface area contributed by atoms with E-state index in [1.165, 1.54) is 6.26 Å². The number of hydrogen-bond acceptors (Lipinski definition) is 5. The topological polar surface area (TPSA) is 88.5 Å². The number of amides is 1. The van der Waals surface area contributed by atoms with Gasteiger partial charge in [-0.1, -0.05) is 5.16 Å². The summed E-state index contributed by atoms with van der Waals surface area (Å²) >= 11 is 5.79. The van der Waals surface area contributed by atoms with Crippen molar-refractivity contribution in [3.8, 4) is 0 Å². The van der Waals surface area contributed by atoms with Gasteiger partial charge in [-0.05, 0) is 37.6 Å². The van der Waals surface area contributed by atoms with Crippen LogP contribution in [-0.2, 0) is 16.8 Å². The largest absolute Gasteiger partial charge is 0.466 e. The highest BCUT2D eigenvalue weighted by Gasteiger charge is 2.27. The smallest absolute Gasteiger partial charge is 0.229 e. The number of carbonyl (C=O) groups is 1. The molecule has 20 heavy (non-hydrogen) atoms. The predicted molar refractivity (Wildman–Crippen MR) is 71.2 cm³/mol. The van der Waals surface area contributed by atoms with Crippen LogP contribution < -0.4 is 5.32 Å². The van der Waals surface area contributed by atoms with Crippen molar-refractivity contribution in [2.75, 3.05) is 6.54 Å². The minimum atomic E-state index is -1.27. The molecule has 0 aliphatic rings. The van der Waals surface area contributed by atoms with E-state index < -0.39 is 5.60 Å². The number of aromatic nitrogens is 1. The number of aryl methyl sites for hydroxylation is 1. The maximum atomic E-state index is 11.9. The Morgan fingerprint density at radius 1 is 1.60 bits per heavy atom. The number of nitrogens with zero attached hydrogens (tertiary/aromatic N) is 1. The molecular formula is C13H15ClN2O4. The maximum absolute atomic E-state index is 11.9. The molecule has 2 aromatic heterocycles. The molecule has 2 rings (SSSR count). The molecule has 1 amide bonds. The number of rotatable bonds is 5. The average molecular weight is 299 g/mol. The summed E-state index contributed by atoms with van der Waals surface area (Å²) in [6, 6.07) is 3.32. The molecule has 0 aromatic carbocycles. The van der Waals surface area contributed by atoms with Gasteiger partial charge in [-0.3, -0.25) is 4.79 Å². The van der Waals surface area contributed by atoms with Crippen molar-refractivity contribution in [2.24, 2.45) is 0 Å². The highest BCUT2D eigenvalue weighted by Crippen LogP contribution is 2.21. The normalized spacial score (nSPS) is 14.0. The SMILES string of the molecule is Cc1noc(Cl)c1CC(=O)NCC(C)(O)c1ccco1. The lowest BCUT2D eigenvalue weighted by Crippen LogP contribution is -2.39. The fraction of sp³-hybridized carbons (Fsp3) is 0.385. The van der Waals surface area contributed by atoms with Crippen LogP contribution in [-0.4, -0.2) is 22.7 Å². The monoisotopic (exact) mass is 298 g/mol. The molecule has 0 radical (unpaired) electrons. The summed E-state index contributed by atoms with van der Waals surface area (Å²) in [4.78, 5) is 11.9. The fourth-order valence-corrected chi connectivity index (χ4v) is 1.96. The molecule has 0 saturated heterocycles. The van der Waals surface area contributed by atoms with Crippen molar-refractivity contribution >= 4 is 17.5 Å². The van der Waals surface area contributed by atoms with Crippen LogP contribution in [0.15, 0.2) is 27.3 Å². The first-order valence-corrected chi connectivity index (χ1v) is 6.41. The van der Waals surface area contributed by atoms with Crippen molar-refractivity contribution < 1.29 is 18.8 Å². The summed E-state index contributed by atoms with van der Waals surface area (Å²) in [5.41, 5.74) is -0.156. The zero-order valence-electron chi connectivity index (χ0n) is 11.1. The molecule has 0 spiro atoms. The van der Waals surface area contributed by atoms with Crippen LogP contribution in [0.5, 0.6) is 0 Å². The summed E-state index contributed by atoms with van der Waals surface area (Å²) in [7, 11) is 0. The minimum absolute atomic E-state index is 0.0291. The van der Waals surface area contributed by atoms with E-state index in [4.69, 9.17) is 20.5 Å². The van der Waals surface area contributed by atoms with Crippen LogP contribution in [0.25, 0.3) is 0 Å². The molecule has 6 nitrogen and oxygen atoms in total. The third-order valence-corrected chi connectivity index (χ3v) is 3.25. The summed E-state index contributed by atoms with van der Waals surface area (Å²) in [5, 5.41) is 16.6. The van der Waals surface area contributed by atoms with Gasteiger partial charge in [0.1, 0.15) is 11.4 Å². The molecule has 2 heterocycles. The number of hydrogen-bond donors (Lipinski definition) is 2. The first-order valence-electron chi connectivity index (χ1n) is 6.04. The Hall–Kier alpha value is -1.79. The number of nitrogens with one attached hydrogen (secondary N) is 1. The molecule has 1 unspecified atom stereocenters. The summed E-state index contributed by atoms with van der Waals surface area (Å²) in [6.45, 7) is 3.29. The highest BCUT2D eigenvalue weighted by atomic mass is 35.5. The van der Waals surface area contributed by atoms with E-state index in [0.29, 0.717) is 17.0 Å². The Bertz CT molecular complexity index is 570. The Morgan fingerprint density at radius 3 is 2.90 bits per heavy atom. The van der Waals surface area contributed by atoms with E-state index >= 15 is 0 Å². The highest BCUT2D eigenvalue weighted by molar-refractivity contribution is 6.29. The Kier molecular flexibility index (Phi) is 4.15. The van der Waals surface area contributed by atoms with Gasteiger partial charge < -0.3 is 19.4 Å². The second kappa shape index (κ2) is 5.68. The number of furan rings is 1. The molecule has 0 aliphatic carbocycles. The third kappa shape index (κ3) is 3.20. The summed E-state index contributed by atoms with van der Waals surface area (Å²) in [6.07, 6.45) is 1.51. The lowest BCUT2D eigenvalue weighted by molar-refractivity contribution is -0.121. The standard InChI is InChI=1S/C13H15ClN2O4/c1-8-9(12(14)20-16-8)6-11(17)15-7-13(2,18)10-4-3-5-19-10/h3-5,18H,6-7H2,1-2H3,(H,15,17). The van der Waals surface area contributed by atoms with Crippen LogP contribution in [0.4, 0.5) is 0 Å². The zero-order valence-corrected chi connectivity index (χ0v) is 11.9. The van der Waals surface area contributed by atoms with Crippen LogP contribution in [0.2, 0.25) is 5.22 Å². The van der Waals surface area contributed by atoms with Crippen molar-refractivity contribution in [1.82, 2.24) is 10.5 Å².